The van der Waals surface area contributed by atoms with Crippen LogP contribution in [-0.4, -0.2) is 60.6 Å². The van der Waals surface area contributed by atoms with Gasteiger partial charge in [0.25, 0.3) is 0 Å². The van der Waals surface area contributed by atoms with Gasteiger partial charge in [-0.1, -0.05) is 24.3 Å². The molecule has 0 heterocycles. The maximum absolute atomic E-state index is 13.6. The Hall–Kier alpha value is -3.31. The van der Waals surface area contributed by atoms with Crippen molar-refractivity contribution in [2.24, 2.45) is 0 Å². The number of aliphatic carboxylic acids is 1. The number of rotatable bonds is 10. The number of hydrogen-bond acceptors (Lipinski definition) is 7. The predicted molar refractivity (Wildman–Crippen MR) is 125 cm³/mol. The molecular weight excluding hydrogens is 464 g/mol. The number of amides is 1. The summed E-state index contributed by atoms with van der Waals surface area (Å²) in [5.74, 6) is -0.251. The lowest BCUT2D eigenvalue weighted by Crippen LogP contribution is -2.49. The number of nitrogens with zero attached hydrogens (tertiary/aromatic N) is 2. The largest absolute Gasteiger partial charge is 0.497 e. The monoisotopic (exact) mass is 494 g/mol. The molecule has 2 aromatic rings. The Balaban J connectivity index is 2.45. The molecule has 2 aromatic carbocycles. The first-order valence-electron chi connectivity index (χ1n) is 10.3. The van der Waals surface area contributed by atoms with E-state index in [-0.39, 0.29) is 13.1 Å². The molecule has 0 saturated carbocycles. The van der Waals surface area contributed by atoms with E-state index in [0.29, 0.717) is 31.2 Å². The molecule has 34 heavy (non-hydrogen) atoms. The van der Waals surface area contributed by atoms with E-state index in [1.54, 1.807) is 69.3 Å². The first kappa shape index (κ1) is 26.9. The van der Waals surface area contributed by atoms with Gasteiger partial charge in [0.2, 0.25) is 0 Å². The van der Waals surface area contributed by atoms with Gasteiger partial charge in [-0.2, -0.15) is 17.0 Å². The number of methoxy groups -OCH3 is 2. The summed E-state index contributed by atoms with van der Waals surface area (Å²) in [4.78, 5) is 24.5. The van der Waals surface area contributed by atoms with E-state index in [1.165, 1.54) is 14.2 Å². The Kier molecular flexibility index (Phi) is 8.88. The third-order valence-electron chi connectivity index (χ3n) is 4.52. The second-order valence-corrected chi connectivity index (χ2v) is 10.2. The van der Waals surface area contributed by atoms with Crippen molar-refractivity contribution in [1.82, 2.24) is 8.61 Å². The molecule has 10 nitrogen and oxygen atoms in total. The third kappa shape index (κ3) is 7.63. The molecule has 1 N–H and O–H groups in total. The first-order chi connectivity index (χ1) is 15.9. The van der Waals surface area contributed by atoms with Gasteiger partial charge >= 0.3 is 22.3 Å². The Morgan fingerprint density at radius 3 is 1.68 bits per heavy atom. The summed E-state index contributed by atoms with van der Waals surface area (Å²) in [6.07, 6.45) is -1.12. The Morgan fingerprint density at radius 1 is 0.853 bits per heavy atom. The number of carboxylic acid groups (broad SMARTS) is 1. The van der Waals surface area contributed by atoms with Crippen LogP contribution in [0.5, 0.6) is 11.5 Å². The normalized spacial score (nSPS) is 11.7. The molecule has 0 aliphatic rings. The first-order valence-corrected chi connectivity index (χ1v) is 11.7. The Morgan fingerprint density at radius 2 is 1.29 bits per heavy atom. The standard InChI is InChI=1S/C23H30N2O8S/c1-23(2,3)33-22(28)25(15-18-8-12-20(32-5)13-9-18)34(29,30)24(16-21(26)27)14-17-6-10-19(31-4)11-7-17/h6-13H,14-16H2,1-5H3,(H,26,27). The lowest BCUT2D eigenvalue weighted by molar-refractivity contribution is -0.137. The third-order valence-corrected chi connectivity index (χ3v) is 6.26. The minimum absolute atomic E-state index is 0.277. The topological polar surface area (TPSA) is 123 Å². The van der Waals surface area contributed by atoms with E-state index in [1.807, 2.05) is 0 Å². The summed E-state index contributed by atoms with van der Waals surface area (Å²) in [5.41, 5.74) is 0.0208. The highest BCUT2D eigenvalue weighted by Crippen LogP contribution is 2.22. The summed E-state index contributed by atoms with van der Waals surface area (Å²) >= 11 is 0. The molecular formula is C23H30N2O8S. The van der Waals surface area contributed by atoms with Gasteiger partial charge in [0, 0.05) is 6.54 Å². The fraction of sp³-hybridized carbons (Fsp3) is 0.391. The molecule has 0 aliphatic heterocycles. The van der Waals surface area contributed by atoms with Crippen LogP contribution in [0.1, 0.15) is 31.9 Å². The van der Waals surface area contributed by atoms with Gasteiger partial charge < -0.3 is 19.3 Å². The van der Waals surface area contributed by atoms with Crippen molar-refractivity contribution in [3.05, 3.63) is 59.7 Å². The zero-order chi connectivity index (χ0) is 25.5. The molecule has 0 unspecified atom stereocenters. The van der Waals surface area contributed by atoms with Crippen LogP contribution in [0.25, 0.3) is 0 Å². The van der Waals surface area contributed by atoms with Crippen LogP contribution in [0.4, 0.5) is 4.79 Å². The molecule has 0 fully saturated rings. The van der Waals surface area contributed by atoms with Crippen LogP contribution in [0.15, 0.2) is 48.5 Å². The maximum atomic E-state index is 13.6. The fourth-order valence-corrected chi connectivity index (χ4v) is 4.30. The summed E-state index contributed by atoms with van der Waals surface area (Å²) < 4.78 is 44.0. The highest BCUT2D eigenvalue weighted by molar-refractivity contribution is 7.87. The van der Waals surface area contributed by atoms with E-state index < -0.39 is 34.4 Å². The van der Waals surface area contributed by atoms with Gasteiger partial charge in [-0.15, -0.1) is 0 Å². The van der Waals surface area contributed by atoms with Crippen LogP contribution in [0.3, 0.4) is 0 Å². The molecule has 0 radical (unpaired) electrons. The molecule has 0 atom stereocenters. The number of ether oxygens (including phenoxy) is 3. The number of benzene rings is 2. The van der Waals surface area contributed by atoms with Crippen molar-refractivity contribution in [2.45, 2.75) is 39.5 Å². The lowest BCUT2D eigenvalue weighted by atomic mass is 10.2. The van der Waals surface area contributed by atoms with Crippen LogP contribution in [0.2, 0.25) is 0 Å². The zero-order valence-electron chi connectivity index (χ0n) is 19.8. The van der Waals surface area contributed by atoms with E-state index in [4.69, 9.17) is 14.2 Å². The summed E-state index contributed by atoms with van der Waals surface area (Å²) in [7, 11) is -1.62. The fourth-order valence-electron chi connectivity index (χ4n) is 2.89. The zero-order valence-corrected chi connectivity index (χ0v) is 20.7. The van der Waals surface area contributed by atoms with Crippen molar-refractivity contribution in [2.75, 3.05) is 20.8 Å². The Bertz CT molecular complexity index is 1080. The highest BCUT2D eigenvalue weighted by Gasteiger charge is 2.37. The van der Waals surface area contributed by atoms with Crippen LogP contribution in [0, 0.1) is 0 Å². The molecule has 1 amide bonds. The molecule has 0 saturated heterocycles. The SMILES string of the molecule is COc1ccc(CN(CC(=O)O)S(=O)(=O)N(Cc2ccc(OC)cc2)C(=O)OC(C)(C)C)cc1. The number of carboxylic acids is 1. The van der Waals surface area contributed by atoms with Crippen molar-refractivity contribution < 1.29 is 37.3 Å². The van der Waals surface area contributed by atoms with Gasteiger partial charge in [-0.3, -0.25) is 4.79 Å². The summed E-state index contributed by atoms with van der Waals surface area (Å²) in [5, 5.41) is 9.39. The molecule has 11 heteroatoms. The summed E-state index contributed by atoms with van der Waals surface area (Å²) in [6, 6.07) is 13.0. The number of hydrogen-bond donors (Lipinski definition) is 1. The Labute approximate surface area is 199 Å². The average Bonchev–Trinajstić information content (AvgIpc) is 2.76. The molecule has 2 rings (SSSR count). The van der Waals surface area contributed by atoms with Crippen LogP contribution >= 0.6 is 0 Å². The molecule has 0 spiro atoms. The molecule has 0 aliphatic carbocycles. The maximum Gasteiger partial charge on any atom is 0.425 e. The average molecular weight is 495 g/mol. The van der Waals surface area contributed by atoms with Crippen molar-refractivity contribution >= 4 is 22.3 Å². The smallest absolute Gasteiger partial charge is 0.425 e. The van der Waals surface area contributed by atoms with Crippen molar-refractivity contribution in [3.8, 4) is 11.5 Å². The van der Waals surface area contributed by atoms with Gasteiger partial charge in [-0.25, -0.2) is 4.79 Å². The highest BCUT2D eigenvalue weighted by atomic mass is 32.2. The van der Waals surface area contributed by atoms with Gasteiger partial charge in [0.1, 0.15) is 23.6 Å². The van der Waals surface area contributed by atoms with E-state index in [2.05, 4.69) is 0 Å². The quantitative estimate of drug-likeness (QED) is 0.534. The van der Waals surface area contributed by atoms with E-state index in [0.717, 1.165) is 0 Å². The van der Waals surface area contributed by atoms with Gasteiger partial charge in [0.15, 0.2) is 0 Å². The van der Waals surface area contributed by atoms with Gasteiger partial charge in [-0.05, 0) is 56.2 Å². The van der Waals surface area contributed by atoms with Crippen LogP contribution < -0.4 is 9.47 Å². The minimum atomic E-state index is -4.61. The van der Waals surface area contributed by atoms with E-state index in [9.17, 15) is 23.1 Å². The predicted octanol–water partition coefficient (Wildman–Crippen LogP) is 3.27. The number of carbonyl (C=O) groups is 2. The van der Waals surface area contributed by atoms with Crippen molar-refractivity contribution in [3.63, 3.8) is 0 Å². The molecule has 0 aromatic heterocycles. The lowest BCUT2D eigenvalue weighted by Gasteiger charge is -2.31. The minimum Gasteiger partial charge on any atom is -0.497 e. The molecule has 186 valence electrons. The number of carbonyl (C=O) groups excluding carboxylic acids is 1. The van der Waals surface area contributed by atoms with Crippen molar-refractivity contribution in [1.29, 1.82) is 0 Å². The van der Waals surface area contributed by atoms with E-state index >= 15 is 0 Å². The van der Waals surface area contributed by atoms with Crippen LogP contribution in [-0.2, 0) is 32.8 Å². The molecule has 0 bridgehead atoms. The van der Waals surface area contributed by atoms with Gasteiger partial charge in [0.05, 0.1) is 20.8 Å². The second kappa shape index (κ2) is 11.2. The summed E-state index contributed by atoms with van der Waals surface area (Å²) in [6.45, 7) is 3.33. The second-order valence-electron chi connectivity index (χ2n) is 8.35.